The quantitative estimate of drug-likeness (QED) is 0.237. The first-order valence-corrected chi connectivity index (χ1v) is 16.5. The van der Waals surface area contributed by atoms with Crippen LogP contribution in [0.5, 0.6) is 0 Å². The van der Waals surface area contributed by atoms with Gasteiger partial charge in [0.1, 0.15) is 5.78 Å². The lowest BCUT2D eigenvalue weighted by Gasteiger charge is -2.51. The van der Waals surface area contributed by atoms with Gasteiger partial charge in [-0.1, -0.05) is 72.3 Å². The molecule has 3 aromatic carbocycles. The first-order chi connectivity index (χ1) is 16.9. The molecule has 5 rings (SSSR count). The van der Waals surface area contributed by atoms with Gasteiger partial charge >= 0.3 is 0 Å². The van der Waals surface area contributed by atoms with E-state index < -0.39 is 22.1 Å². The minimum Gasteiger partial charge on any atom is -0.299 e. The third kappa shape index (κ3) is 4.93. The topological polar surface area (TPSA) is 57.7 Å². The summed E-state index contributed by atoms with van der Waals surface area (Å²) < 4.78 is 32.2. The second-order valence-electron chi connectivity index (χ2n) is 8.89. The van der Waals surface area contributed by atoms with Gasteiger partial charge < -0.3 is 0 Å². The van der Waals surface area contributed by atoms with Gasteiger partial charge in [0.05, 0.1) is 10.9 Å². The van der Waals surface area contributed by atoms with E-state index in [0.717, 1.165) is 11.1 Å². The van der Waals surface area contributed by atoms with E-state index in [0.29, 0.717) is 18.0 Å². The molecule has 0 amide bonds. The second kappa shape index (κ2) is 10.5. The second-order valence-corrected chi connectivity index (χ2v) is 13.0. The number of benzene rings is 3. The van der Waals surface area contributed by atoms with Gasteiger partial charge in [0.2, 0.25) is 10.0 Å². The van der Waals surface area contributed by atoms with Crippen LogP contribution in [0.25, 0.3) is 0 Å². The van der Waals surface area contributed by atoms with E-state index in [1.165, 1.54) is 0 Å². The normalized spacial score (nSPS) is 25.8. The third-order valence-electron chi connectivity index (χ3n) is 6.94. The maximum atomic E-state index is 14.2. The van der Waals surface area contributed by atoms with E-state index in [1.54, 1.807) is 37.7 Å². The Bertz CT molecular complexity index is 1290. The lowest BCUT2D eigenvalue weighted by atomic mass is 9.77. The van der Waals surface area contributed by atoms with E-state index in [9.17, 15) is 13.2 Å². The highest BCUT2D eigenvalue weighted by atomic mass is 127. The summed E-state index contributed by atoms with van der Waals surface area (Å²) in [5, 5.41) is 0.478. The van der Waals surface area contributed by atoms with Crippen LogP contribution in [-0.4, -0.2) is 35.4 Å². The average molecular weight is 639 g/mol. The molecule has 0 bridgehead atoms. The Morgan fingerprint density at radius 2 is 1.43 bits per heavy atom. The number of ketones is 1. The monoisotopic (exact) mass is 638 g/mol. The van der Waals surface area contributed by atoms with Crippen molar-refractivity contribution in [2.75, 3.05) is 6.54 Å². The fourth-order valence-corrected chi connectivity index (χ4v) is 9.08. The maximum absolute atomic E-state index is 14.2. The molecule has 2 aliphatic heterocycles. The van der Waals surface area contributed by atoms with Crippen LogP contribution in [0, 0.1) is 5.92 Å². The molecule has 2 aliphatic rings. The smallest absolute Gasteiger partial charge is 0.243 e. The van der Waals surface area contributed by atoms with Gasteiger partial charge in [0, 0.05) is 57.2 Å². The number of halogens is 2. The lowest BCUT2D eigenvalue weighted by molar-refractivity contribution is -0.131. The molecule has 2 saturated heterocycles. The predicted molar refractivity (Wildman–Crippen MR) is 149 cm³/mol. The SMILES string of the molecule is O=C1C[C@@H](c2ccccc2)N(S(=O)(=O)c2ccc(Cl)cc2)[C@H]2C[C@@H](c3ccccc3)N(SI)C[C@@H]12. The number of nitrogens with zero attached hydrogens (tertiary/aromatic N) is 2. The molecule has 2 heterocycles. The standard InChI is InChI=1S/C26H24ClIN2O3S2/c27-20-11-13-21(14-12-20)35(32,33)30-24(19-9-5-2-6-10-19)16-26(31)22-17-29(34-28)23(15-25(22)30)18-7-3-1-4-8-18/h1-14,22-25H,15-17H2/t22-,23+,24+,25+/m1/s1. The van der Waals surface area contributed by atoms with Gasteiger partial charge in [-0.3, -0.25) is 4.79 Å². The number of carbonyl (C=O) groups excluding carboxylic acids is 1. The van der Waals surface area contributed by atoms with E-state index in [4.69, 9.17) is 11.6 Å². The van der Waals surface area contributed by atoms with Gasteiger partial charge in [-0.15, -0.1) is 0 Å². The fourth-order valence-electron chi connectivity index (χ4n) is 5.28. The Morgan fingerprint density at radius 3 is 2.00 bits per heavy atom. The summed E-state index contributed by atoms with van der Waals surface area (Å²) in [5.74, 6) is -0.271. The fraction of sp³-hybridized carbons (Fsp3) is 0.269. The number of hydrogen-bond acceptors (Lipinski definition) is 5. The van der Waals surface area contributed by atoms with Crippen molar-refractivity contribution in [2.45, 2.75) is 35.9 Å². The Labute approximate surface area is 227 Å². The molecule has 0 spiro atoms. The zero-order valence-corrected chi connectivity index (χ0v) is 23.3. The van der Waals surface area contributed by atoms with Crippen molar-refractivity contribution >= 4 is 57.7 Å². The molecule has 0 radical (unpaired) electrons. The van der Waals surface area contributed by atoms with Crippen molar-refractivity contribution in [3.05, 3.63) is 101 Å². The number of Topliss-reactive ketones (excluding diaryl/α,β-unsaturated/α-hetero) is 1. The van der Waals surface area contributed by atoms with Crippen LogP contribution in [-0.2, 0) is 14.8 Å². The molecule has 0 saturated carbocycles. The molecular formula is C26H24ClIN2O3S2. The van der Waals surface area contributed by atoms with Crippen LogP contribution < -0.4 is 0 Å². The molecule has 0 aliphatic carbocycles. The number of rotatable bonds is 5. The molecule has 4 atom stereocenters. The van der Waals surface area contributed by atoms with Crippen molar-refractivity contribution in [1.29, 1.82) is 0 Å². The summed E-state index contributed by atoms with van der Waals surface area (Å²) in [6.45, 7) is 0.505. The van der Waals surface area contributed by atoms with E-state index in [1.807, 2.05) is 48.5 Å². The first-order valence-electron chi connectivity index (χ1n) is 11.4. The molecule has 35 heavy (non-hydrogen) atoms. The predicted octanol–water partition coefficient (Wildman–Crippen LogP) is 6.47. The van der Waals surface area contributed by atoms with Gasteiger partial charge in [-0.25, -0.2) is 12.7 Å². The molecule has 0 unspecified atom stereocenters. The van der Waals surface area contributed by atoms with Crippen LogP contribution in [0.1, 0.15) is 36.1 Å². The van der Waals surface area contributed by atoms with E-state index >= 15 is 0 Å². The van der Waals surface area contributed by atoms with Gasteiger partial charge in [-0.05, 0) is 50.9 Å². The Kier molecular flexibility index (Phi) is 7.58. The highest BCUT2D eigenvalue weighted by Crippen LogP contribution is 2.49. The Balaban J connectivity index is 1.63. The molecule has 2 fully saturated rings. The van der Waals surface area contributed by atoms with Crippen molar-refractivity contribution in [1.82, 2.24) is 8.61 Å². The number of hydrogen-bond donors (Lipinski definition) is 0. The largest absolute Gasteiger partial charge is 0.299 e. The summed E-state index contributed by atoms with van der Waals surface area (Å²) in [6, 6.07) is 24.9. The van der Waals surface area contributed by atoms with Crippen molar-refractivity contribution in [2.24, 2.45) is 5.92 Å². The zero-order chi connectivity index (χ0) is 24.6. The number of sulfonamides is 1. The highest BCUT2D eigenvalue weighted by molar-refractivity contribution is 14.2. The third-order valence-corrected chi connectivity index (χ3v) is 11.2. The number of carbonyl (C=O) groups is 1. The lowest BCUT2D eigenvalue weighted by Crippen LogP contribution is -2.59. The molecule has 0 aromatic heterocycles. The van der Waals surface area contributed by atoms with Gasteiger partial charge in [0.25, 0.3) is 0 Å². The molecule has 5 nitrogen and oxygen atoms in total. The summed E-state index contributed by atoms with van der Waals surface area (Å²) in [5.41, 5.74) is 1.95. The minimum absolute atomic E-state index is 0.00964. The van der Waals surface area contributed by atoms with Crippen LogP contribution in [0.2, 0.25) is 5.02 Å². The van der Waals surface area contributed by atoms with Crippen molar-refractivity contribution < 1.29 is 13.2 Å². The summed E-state index contributed by atoms with van der Waals surface area (Å²) in [4.78, 5) is 13.7. The summed E-state index contributed by atoms with van der Waals surface area (Å²) >= 11 is 8.31. The van der Waals surface area contributed by atoms with Gasteiger partial charge in [-0.2, -0.15) is 4.31 Å². The summed E-state index contributed by atoms with van der Waals surface area (Å²) in [7, 11) is -2.33. The van der Waals surface area contributed by atoms with Crippen LogP contribution in [0.15, 0.2) is 89.8 Å². The molecule has 9 heteroatoms. The first kappa shape index (κ1) is 25.2. The van der Waals surface area contributed by atoms with E-state index in [-0.39, 0.29) is 29.1 Å². The Hall–Kier alpha value is -1.43. The Morgan fingerprint density at radius 1 is 0.857 bits per heavy atom. The number of fused-ring (bicyclic) bond motifs is 1. The van der Waals surface area contributed by atoms with Crippen molar-refractivity contribution in [3.63, 3.8) is 0 Å². The van der Waals surface area contributed by atoms with Crippen LogP contribution >= 0.6 is 41.9 Å². The minimum atomic E-state index is -3.90. The molecule has 3 aromatic rings. The molecule has 182 valence electrons. The van der Waals surface area contributed by atoms with E-state index in [2.05, 4.69) is 37.6 Å². The molecular weight excluding hydrogens is 615 g/mol. The zero-order valence-electron chi connectivity index (χ0n) is 18.7. The maximum Gasteiger partial charge on any atom is 0.243 e. The van der Waals surface area contributed by atoms with Gasteiger partial charge in [0.15, 0.2) is 0 Å². The van der Waals surface area contributed by atoms with Crippen molar-refractivity contribution in [3.8, 4) is 0 Å². The summed E-state index contributed by atoms with van der Waals surface area (Å²) in [6.07, 6.45) is 0.695. The number of piperidine rings is 2. The van der Waals surface area contributed by atoms with Crippen LogP contribution in [0.4, 0.5) is 0 Å². The molecule has 0 N–H and O–H groups in total. The highest BCUT2D eigenvalue weighted by Gasteiger charge is 2.52. The average Bonchev–Trinajstić information content (AvgIpc) is 2.89. The van der Waals surface area contributed by atoms with Crippen LogP contribution in [0.3, 0.4) is 0 Å².